The highest BCUT2D eigenvalue weighted by Gasteiger charge is 2.31. The van der Waals surface area contributed by atoms with E-state index in [4.69, 9.17) is 4.74 Å². The average molecular weight is 397 g/mol. The molecule has 1 aliphatic heterocycles. The molecule has 2 aromatic carbocycles. The molecule has 1 atom stereocenters. The van der Waals surface area contributed by atoms with E-state index in [1.165, 1.54) is 12.1 Å². The summed E-state index contributed by atoms with van der Waals surface area (Å²) in [5.41, 5.74) is 2.06. The van der Waals surface area contributed by atoms with Gasteiger partial charge in [-0.3, -0.25) is 14.9 Å². The Kier molecular flexibility index (Phi) is 6.69. The normalized spacial score (nSPS) is 15.6. The Morgan fingerprint density at radius 2 is 1.90 bits per heavy atom. The van der Waals surface area contributed by atoms with Crippen LogP contribution in [0, 0.1) is 10.1 Å². The van der Waals surface area contributed by atoms with Crippen LogP contribution in [0.2, 0.25) is 0 Å². The third kappa shape index (κ3) is 5.04. The van der Waals surface area contributed by atoms with Crippen LogP contribution in [0.3, 0.4) is 0 Å². The van der Waals surface area contributed by atoms with Crippen LogP contribution in [-0.2, 0) is 11.2 Å². The van der Waals surface area contributed by atoms with E-state index in [2.05, 4.69) is 24.1 Å². The average Bonchev–Trinajstić information content (AvgIpc) is 2.75. The monoisotopic (exact) mass is 397 g/mol. The Morgan fingerprint density at radius 3 is 2.55 bits per heavy atom. The predicted molar refractivity (Wildman–Crippen MR) is 112 cm³/mol. The number of rotatable bonds is 8. The fourth-order valence-corrected chi connectivity index (χ4v) is 3.49. The highest BCUT2D eigenvalue weighted by atomic mass is 16.6. The number of carbonyl (C=O) groups excluding carboxylic acids is 1. The van der Waals surface area contributed by atoms with Crippen LogP contribution < -0.4 is 15.0 Å². The van der Waals surface area contributed by atoms with Crippen molar-refractivity contribution in [3.63, 3.8) is 0 Å². The largest absolute Gasteiger partial charge is 0.477 e. The van der Waals surface area contributed by atoms with Gasteiger partial charge in [-0.2, -0.15) is 0 Å². The fourth-order valence-electron chi connectivity index (χ4n) is 3.49. The first-order valence-electron chi connectivity index (χ1n) is 10.1. The number of para-hydroxylation sites is 2. The molecule has 1 aliphatic rings. The Balaban J connectivity index is 1.71. The summed E-state index contributed by atoms with van der Waals surface area (Å²) in [6.45, 7) is 5.27. The summed E-state index contributed by atoms with van der Waals surface area (Å²) in [5.74, 6) is 0.612. The number of anilines is 1. The van der Waals surface area contributed by atoms with Gasteiger partial charge in [0, 0.05) is 24.7 Å². The minimum absolute atomic E-state index is 0.0867. The van der Waals surface area contributed by atoms with Gasteiger partial charge in [-0.25, -0.2) is 0 Å². The number of ether oxygens (including phenoxy) is 1. The first kappa shape index (κ1) is 20.6. The molecule has 1 heterocycles. The molecule has 0 saturated heterocycles. The molecular formula is C22H27N3O4. The number of nitro groups is 1. The van der Waals surface area contributed by atoms with Gasteiger partial charge in [-0.1, -0.05) is 38.1 Å². The van der Waals surface area contributed by atoms with E-state index >= 15 is 0 Å². The summed E-state index contributed by atoms with van der Waals surface area (Å²) >= 11 is 0. The predicted octanol–water partition coefficient (Wildman–Crippen LogP) is 3.71. The Hall–Kier alpha value is -3.09. The zero-order valence-electron chi connectivity index (χ0n) is 16.8. The topological polar surface area (TPSA) is 84.7 Å². The van der Waals surface area contributed by atoms with Crippen molar-refractivity contribution in [2.75, 3.05) is 18.0 Å². The summed E-state index contributed by atoms with van der Waals surface area (Å²) in [4.78, 5) is 25.3. The molecule has 29 heavy (non-hydrogen) atoms. The lowest BCUT2D eigenvalue weighted by Crippen LogP contribution is -2.51. The van der Waals surface area contributed by atoms with Crippen molar-refractivity contribution in [3.05, 3.63) is 64.2 Å². The van der Waals surface area contributed by atoms with Crippen LogP contribution >= 0.6 is 0 Å². The Morgan fingerprint density at radius 1 is 1.21 bits per heavy atom. The zero-order chi connectivity index (χ0) is 20.8. The van der Waals surface area contributed by atoms with Gasteiger partial charge in [0.2, 0.25) is 0 Å². The Bertz CT molecular complexity index is 849. The van der Waals surface area contributed by atoms with E-state index in [0.717, 1.165) is 24.1 Å². The van der Waals surface area contributed by atoms with Crippen molar-refractivity contribution in [3.8, 4) is 5.75 Å². The summed E-state index contributed by atoms with van der Waals surface area (Å²) in [6.07, 6.45) is 1.92. The van der Waals surface area contributed by atoms with Gasteiger partial charge < -0.3 is 15.0 Å². The SMILES string of the molecule is CCC(CC)NC(=O)C1CN(CCc2ccc([N+](=O)[O-])cc2)c2ccccc2O1. The molecule has 0 fully saturated rings. The first-order chi connectivity index (χ1) is 14.0. The number of nitro benzene ring substituents is 1. The van der Waals surface area contributed by atoms with Crippen molar-refractivity contribution in [1.29, 1.82) is 0 Å². The van der Waals surface area contributed by atoms with Crippen molar-refractivity contribution >= 4 is 17.3 Å². The van der Waals surface area contributed by atoms with Gasteiger partial charge in [0.05, 0.1) is 17.2 Å². The third-order valence-corrected chi connectivity index (χ3v) is 5.30. The first-order valence-corrected chi connectivity index (χ1v) is 10.1. The number of non-ortho nitro benzene ring substituents is 1. The smallest absolute Gasteiger partial charge is 0.269 e. The number of fused-ring (bicyclic) bond motifs is 1. The number of amides is 1. The molecule has 3 rings (SSSR count). The van der Waals surface area contributed by atoms with Crippen molar-refractivity contribution in [1.82, 2.24) is 5.32 Å². The van der Waals surface area contributed by atoms with E-state index in [1.54, 1.807) is 12.1 Å². The van der Waals surface area contributed by atoms with Gasteiger partial charge in [-0.05, 0) is 37.0 Å². The van der Waals surface area contributed by atoms with Crippen LogP contribution in [-0.4, -0.2) is 36.1 Å². The van der Waals surface area contributed by atoms with E-state index in [0.29, 0.717) is 25.3 Å². The lowest BCUT2D eigenvalue weighted by atomic mass is 10.1. The standard InChI is InChI=1S/C22H27N3O4/c1-3-17(4-2)23-22(26)21-15-24(19-7-5-6-8-20(19)29-21)14-13-16-9-11-18(12-10-16)25(27)28/h5-12,17,21H,3-4,13-15H2,1-2H3,(H,23,26). The lowest BCUT2D eigenvalue weighted by molar-refractivity contribution is -0.384. The van der Waals surface area contributed by atoms with E-state index in [9.17, 15) is 14.9 Å². The Labute approximate surface area is 170 Å². The highest BCUT2D eigenvalue weighted by molar-refractivity contribution is 5.83. The second kappa shape index (κ2) is 9.41. The van der Waals surface area contributed by atoms with Crippen molar-refractivity contribution < 1.29 is 14.5 Å². The van der Waals surface area contributed by atoms with Crippen LogP contribution in [0.25, 0.3) is 0 Å². The number of nitrogens with zero attached hydrogens (tertiary/aromatic N) is 2. The van der Waals surface area contributed by atoms with Crippen LogP contribution in [0.1, 0.15) is 32.3 Å². The third-order valence-electron chi connectivity index (χ3n) is 5.30. The molecule has 0 spiro atoms. The van der Waals surface area contributed by atoms with Gasteiger partial charge in [0.15, 0.2) is 6.10 Å². The molecule has 0 aliphatic carbocycles. The lowest BCUT2D eigenvalue weighted by Gasteiger charge is -2.36. The molecule has 154 valence electrons. The maximum absolute atomic E-state index is 12.7. The maximum Gasteiger partial charge on any atom is 0.269 e. The van der Waals surface area contributed by atoms with Gasteiger partial charge >= 0.3 is 0 Å². The summed E-state index contributed by atoms with van der Waals surface area (Å²) in [7, 11) is 0. The minimum atomic E-state index is -0.567. The number of hydrogen-bond donors (Lipinski definition) is 1. The van der Waals surface area contributed by atoms with Crippen molar-refractivity contribution in [2.24, 2.45) is 0 Å². The molecule has 0 aromatic heterocycles. The second-order valence-electron chi connectivity index (χ2n) is 7.22. The quantitative estimate of drug-likeness (QED) is 0.542. The second-order valence-corrected chi connectivity index (χ2v) is 7.22. The van der Waals surface area contributed by atoms with E-state index in [1.807, 2.05) is 24.3 Å². The molecule has 7 nitrogen and oxygen atoms in total. The molecule has 7 heteroatoms. The zero-order valence-corrected chi connectivity index (χ0v) is 16.8. The molecule has 0 saturated carbocycles. The van der Waals surface area contributed by atoms with Gasteiger partial charge in [-0.15, -0.1) is 0 Å². The number of benzene rings is 2. The van der Waals surface area contributed by atoms with Gasteiger partial charge in [0.1, 0.15) is 5.75 Å². The van der Waals surface area contributed by atoms with E-state index < -0.39 is 11.0 Å². The number of hydrogen-bond acceptors (Lipinski definition) is 5. The number of nitrogens with one attached hydrogen (secondary N) is 1. The van der Waals surface area contributed by atoms with Crippen molar-refractivity contribution in [2.45, 2.75) is 45.3 Å². The minimum Gasteiger partial charge on any atom is -0.477 e. The summed E-state index contributed by atoms with van der Waals surface area (Å²) in [6, 6.07) is 14.5. The number of carbonyl (C=O) groups is 1. The molecular weight excluding hydrogens is 370 g/mol. The summed E-state index contributed by atoms with van der Waals surface area (Å²) in [5, 5.41) is 13.9. The van der Waals surface area contributed by atoms with E-state index in [-0.39, 0.29) is 17.6 Å². The molecule has 1 N–H and O–H groups in total. The summed E-state index contributed by atoms with van der Waals surface area (Å²) < 4.78 is 5.98. The van der Waals surface area contributed by atoms with Gasteiger partial charge in [0.25, 0.3) is 11.6 Å². The highest BCUT2D eigenvalue weighted by Crippen LogP contribution is 2.33. The molecule has 1 unspecified atom stereocenters. The molecule has 0 bridgehead atoms. The molecule has 2 aromatic rings. The fraction of sp³-hybridized carbons (Fsp3) is 0.409. The van der Waals surface area contributed by atoms with Crippen LogP contribution in [0.15, 0.2) is 48.5 Å². The molecule has 1 amide bonds. The van der Waals surface area contributed by atoms with Crippen LogP contribution in [0.4, 0.5) is 11.4 Å². The van der Waals surface area contributed by atoms with Crippen LogP contribution in [0.5, 0.6) is 5.75 Å². The molecule has 0 radical (unpaired) electrons. The maximum atomic E-state index is 12.7.